The quantitative estimate of drug-likeness (QED) is 0.616. The Labute approximate surface area is 104 Å². The average molecular weight is 237 g/mol. The molecule has 1 fully saturated rings. The normalized spacial score (nSPS) is 21.7. The van der Waals surface area contributed by atoms with Crippen molar-refractivity contribution in [3.05, 3.63) is 35.4 Å². The van der Waals surface area contributed by atoms with Gasteiger partial charge in [0.25, 0.3) is 0 Å². The molecule has 1 aliphatic rings. The maximum Gasteiger partial charge on any atom is 0.0638 e. The summed E-state index contributed by atoms with van der Waals surface area (Å²) in [5, 5.41) is 0.174. The number of alkyl halides is 1. The fraction of sp³-hybridized carbons (Fsp3) is 0.600. The van der Waals surface area contributed by atoms with E-state index < -0.39 is 0 Å². The van der Waals surface area contributed by atoms with E-state index in [4.69, 9.17) is 11.6 Å². The molecule has 1 aliphatic carbocycles. The van der Waals surface area contributed by atoms with Crippen LogP contribution in [0.25, 0.3) is 0 Å². The lowest BCUT2D eigenvalue weighted by molar-refractivity contribution is 0.206. The van der Waals surface area contributed by atoms with E-state index in [-0.39, 0.29) is 5.38 Å². The molecule has 1 aromatic carbocycles. The third-order valence-corrected chi connectivity index (χ3v) is 4.76. The van der Waals surface area contributed by atoms with Crippen LogP contribution in [0, 0.1) is 12.3 Å². The van der Waals surface area contributed by atoms with E-state index in [0.717, 1.165) is 0 Å². The number of benzene rings is 1. The Balaban J connectivity index is 2.16. The van der Waals surface area contributed by atoms with Crippen molar-refractivity contribution >= 4 is 11.6 Å². The molecule has 0 N–H and O–H groups in total. The zero-order chi connectivity index (χ0) is 11.6. The van der Waals surface area contributed by atoms with Crippen LogP contribution in [0.2, 0.25) is 0 Å². The van der Waals surface area contributed by atoms with Gasteiger partial charge in [-0.2, -0.15) is 0 Å². The lowest BCUT2D eigenvalue weighted by atomic mass is 9.71. The summed E-state index contributed by atoms with van der Waals surface area (Å²) < 4.78 is 0. The summed E-state index contributed by atoms with van der Waals surface area (Å²) in [5.74, 6) is 0. The Morgan fingerprint density at radius 1 is 1.06 bits per heavy atom. The molecule has 0 aliphatic heterocycles. The van der Waals surface area contributed by atoms with E-state index in [1.54, 1.807) is 0 Å². The van der Waals surface area contributed by atoms with Crippen molar-refractivity contribution in [2.75, 3.05) is 0 Å². The number of aryl methyl sites for hydroxylation is 1. The van der Waals surface area contributed by atoms with Crippen LogP contribution in [-0.4, -0.2) is 0 Å². The van der Waals surface area contributed by atoms with Crippen LogP contribution in [0.15, 0.2) is 24.3 Å². The number of hydrogen-bond donors (Lipinski definition) is 0. The minimum Gasteiger partial charge on any atom is -0.117 e. The monoisotopic (exact) mass is 236 g/mol. The average Bonchev–Trinajstić information content (AvgIpc) is 2.30. The van der Waals surface area contributed by atoms with Gasteiger partial charge in [0.15, 0.2) is 0 Å². The SMILES string of the molecule is Cc1ccc(C(Cl)C2(C)CCCCC2)cc1. The first-order valence-corrected chi connectivity index (χ1v) is 6.76. The molecule has 0 nitrogen and oxygen atoms in total. The molecule has 0 radical (unpaired) electrons. The molecule has 1 atom stereocenters. The molecule has 1 heteroatoms. The van der Waals surface area contributed by atoms with Crippen LogP contribution >= 0.6 is 11.6 Å². The molecule has 0 spiro atoms. The van der Waals surface area contributed by atoms with Gasteiger partial charge in [0.05, 0.1) is 5.38 Å². The zero-order valence-electron chi connectivity index (χ0n) is 10.3. The van der Waals surface area contributed by atoms with Crippen molar-refractivity contribution < 1.29 is 0 Å². The third kappa shape index (κ3) is 2.43. The smallest absolute Gasteiger partial charge is 0.0638 e. The van der Waals surface area contributed by atoms with Crippen molar-refractivity contribution in [2.24, 2.45) is 5.41 Å². The van der Waals surface area contributed by atoms with E-state index in [2.05, 4.69) is 38.1 Å². The van der Waals surface area contributed by atoms with Gasteiger partial charge in [-0.05, 0) is 30.7 Å². The van der Waals surface area contributed by atoms with Gasteiger partial charge in [0, 0.05) is 0 Å². The van der Waals surface area contributed by atoms with E-state index in [0.29, 0.717) is 5.41 Å². The number of rotatable bonds is 2. The van der Waals surface area contributed by atoms with Crippen LogP contribution in [0.1, 0.15) is 55.5 Å². The topological polar surface area (TPSA) is 0 Å². The lowest BCUT2D eigenvalue weighted by Gasteiger charge is -2.38. The maximum absolute atomic E-state index is 6.68. The largest absolute Gasteiger partial charge is 0.117 e. The molecule has 1 aromatic rings. The van der Waals surface area contributed by atoms with Crippen molar-refractivity contribution in [3.8, 4) is 0 Å². The van der Waals surface area contributed by atoms with Gasteiger partial charge in [-0.15, -0.1) is 11.6 Å². The molecule has 0 heterocycles. The van der Waals surface area contributed by atoms with Gasteiger partial charge >= 0.3 is 0 Å². The minimum atomic E-state index is 0.174. The van der Waals surface area contributed by atoms with E-state index in [1.807, 2.05) is 0 Å². The third-order valence-electron chi connectivity index (χ3n) is 3.98. The summed E-state index contributed by atoms with van der Waals surface area (Å²) in [7, 11) is 0. The highest BCUT2D eigenvalue weighted by molar-refractivity contribution is 6.21. The second kappa shape index (κ2) is 4.79. The Morgan fingerprint density at radius 3 is 2.19 bits per heavy atom. The van der Waals surface area contributed by atoms with E-state index >= 15 is 0 Å². The number of halogens is 1. The number of hydrogen-bond acceptors (Lipinski definition) is 0. The molecule has 16 heavy (non-hydrogen) atoms. The Morgan fingerprint density at radius 2 is 1.62 bits per heavy atom. The summed E-state index contributed by atoms with van der Waals surface area (Å²) >= 11 is 6.68. The highest BCUT2D eigenvalue weighted by Crippen LogP contribution is 2.49. The van der Waals surface area contributed by atoms with Gasteiger partial charge in [-0.1, -0.05) is 56.0 Å². The fourth-order valence-electron chi connectivity index (χ4n) is 2.75. The Hall–Kier alpha value is -0.490. The Bertz CT molecular complexity index is 333. The molecule has 0 saturated heterocycles. The van der Waals surface area contributed by atoms with Crippen molar-refractivity contribution in [1.82, 2.24) is 0 Å². The molecule has 0 amide bonds. The predicted octanol–water partition coefficient (Wildman–Crippen LogP) is 5.25. The first-order valence-electron chi connectivity index (χ1n) is 6.32. The first kappa shape index (κ1) is 12.0. The van der Waals surface area contributed by atoms with Crippen LogP contribution in [0.5, 0.6) is 0 Å². The van der Waals surface area contributed by atoms with Crippen molar-refractivity contribution in [2.45, 2.75) is 51.3 Å². The van der Waals surface area contributed by atoms with Gasteiger partial charge in [0.2, 0.25) is 0 Å². The molecular weight excluding hydrogens is 216 g/mol. The molecule has 2 rings (SSSR count). The fourth-order valence-corrected chi connectivity index (χ4v) is 3.11. The second-order valence-electron chi connectivity index (χ2n) is 5.49. The van der Waals surface area contributed by atoms with E-state index in [9.17, 15) is 0 Å². The summed E-state index contributed by atoms with van der Waals surface area (Å²) in [6.07, 6.45) is 6.61. The molecular formula is C15H21Cl. The first-order chi connectivity index (χ1) is 7.62. The highest BCUT2D eigenvalue weighted by Gasteiger charge is 2.34. The van der Waals surface area contributed by atoms with Crippen LogP contribution in [0.4, 0.5) is 0 Å². The van der Waals surface area contributed by atoms with Gasteiger partial charge in [-0.3, -0.25) is 0 Å². The predicted molar refractivity (Wildman–Crippen MR) is 71.0 cm³/mol. The van der Waals surface area contributed by atoms with E-state index in [1.165, 1.54) is 43.2 Å². The molecule has 1 saturated carbocycles. The summed E-state index contributed by atoms with van der Waals surface area (Å²) in [5.41, 5.74) is 2.90. The van der Waals surface area contributed by atoms with Gasteiger partial charge in [-0.25, -0.2) is 0 Å². The highest BCUT2D eigenvalue weighted by atomic mass is 35.5. The van der Waals surface area contributed by atoms with Gasteiger partial charge in [0.1, 0.15) is 0 Å². The van der Waals surface area contributed by atoms with Crippen molar-refractivity contribution in [3.63, 3.8) is 0 Å². The van der Waals surface area contributed by atoms with Crippen LogP contribution < -0.4 is 0 Å². The minimum absolute atomic E-state index is 0.174. The lowest BCUT2D eigenvalue weighted by Crippen LogP contribution is -2.25. The van der Waals surface area contributed by atoms with Gasteiger partial charge < -0.3 is 0 Å². The Kier molecular flexibility index (Phi) is 3.59. The summed E-state index contributed by atoms with van der Waals surface area (Å²) in [4.78, 5) is 0. The summed E-state index contributed by atoms with van der Waals surface area (Å²) in [6.45, 7) is 4.47. The standard InChI is InChI=1S/C15H21Cl/c1-12-6-8-13(9-7-12)14(16)15(2)10-4-3-5-11-15/h6-9,14H,3-5,10-11H2,1-2H3. The summed E-state index contributed by atoms with van der Waals surface area (Å²) in [6, 6.07) is 8.70. The molecule has 1 unspecified atom stereocenters. The van der Waals surface area contributed by atoms with Crippen LogP contribution in [-0.2, 0) is 0 Å². The zero-order valence-corrected chi connectivity index (χ0v) is 11.1. The molecule has 0 bridgehead atoms. The molecule has 0 aromatic heterocycles. The maximum atomic E-state index is 6.68. The second-order valence-corrected chi connectivity index (χ2v) is 5.92. The van der Waals surface area contributed by atoms with Crippen molar-refractivity contribution in [1.29, 1.82) is 0 Å². The molecule has 88 valence electrons. The van der Waals surface area contributed by atoms with Crippen LogP contribution in [0.3, 0.4) is 0 Å².